The highest BCUT2D eigenvalue weighted by Crippen LogP contribution is 2.22. The summed E-state index contributed by atoms with van der Waals surface area (Å²) in [6.45, 7) is 11.1. The highest BCUT2D eigenvalue weighted by Gasteiger charge is 2.25. The van der Waals surface area contributed by atoms with Crippen LogP contribution in [0, 0.1) is 6.92 Å². The quantitative estimate of drug-likeness (QED) is 0.680. The smallest absolute Gasteiger partial charge is 0.317 e. The summed E-state index contributed by atoms with van der Waals surface area (Å²) in [7, 11) is 0. The van der Waals surface area contributed by atoms with Gasteiger partial charge in [-0.2, -0.15) is 11.3 Å². The Morgan fingerprint density at radius 1 is 1.03 bits per heavy atom. The predicted molar refractivity (Wildman–Crippen MR) is 126 cm³/mol. The molecule has 2 heterocycles. The largest absolute Gasteiger partial charge is 0.339 e. The normalized spacial score (nSPS) is 15.2. The number of carbonyl (C=O) groups is 2. The predicted octanol–water partition coefficient (Wildman–Crippen LogP) is 3.54. The van der Waals surface area contributed by atoms with Crippen LogP contribution in [0.25, 0.3) is 0 Å². The number of benzene rings is 1. The molecule has 1 N–H and O–H groups in total. The van der Waals surface area contributed by atoms with E-state index in [4.69, 9.17) is 0 Å². The summed E-state index contributed by atoms with van der Waals surface area (Å²) in [6.07, 6.45) is 0.415. The molecule has 0 aliphatic carbocycles. The molecule has 3 rings (SSSR count). The fraction of sp³-hybridized carbons (Fsp3) is 0.500. The number of amides is 3. The zero-order valence-electron chi connectivity index (χ0n) is 18.8. The van der Waals surface area contributed by atoms with Crippen molar-refractivity contribution in [2.24, 2.45) is 0 Å². The van der Waals surface area contributed by atoms with Crippen LogP contribution in [0.5, 0.6) is 0 Å². The maximum atomic E-state index is 12.8. The third-order valence-electron chi connectivity index (χ3n) is 6.02. The van der Waals surface area contributed by atoms with Crippen molar-refractivity contribution in [2.45, 2.75) is 33.2 Å². The molecule has 1 saturated heterocycles. The van der Waals surface area contributed by atoms with Crippen molar-refractivity contribution >= 4 is 23.3 Å². The summed E-state index contributed by atoms with van der Waals surface area (Å²) in [6, 6.07) is 10.4. The lowest BCUT2D eigenvalue weighted by molar-refractivity contribution is -0.131. The molecule has 0 radical (unpaired) electrons. The Labute approximate surface area is 189 Å². The van der Waals surface area contributed by atoms with Gasteiger partial charge in [0.05, 0.1) is 12.5 Å². The van der Waals surface area contributed by atoms with E-state index in [0.717, 1.165) is 18.7 Å². The maximum absolute atomic E-state index is 12.8. The highest BCUT2D eigenvalue weighted by molar-refractivity contribution is 7.07. The van der Waals surface area contributed by atoms with Crippen molar-refractivity contribution in [3.05, 3.63) is 57.8 Å². The van der Waals surface area contributed by atoms with Gasteiger partial charge in [-0.3, -0.25) is 9.69 Å². The van der Waals surface area contributed by atoms with Gasteiger partial charge in [-0.05, 0) is 48.0 Å². The Balaban J connectivity index is 1.48. The number of nitrogens with zero attached hydrogens (tertiary/aromatic N) is 3. The van der Waals surface area contributed by atoms with Gasteiger partial charge in [-0.25, -0.2) is 4.79 Å². The summed E-state index contributed by atoms with van der Waals surface area (Å²) in [4.78, 5) is 31.4. The van der Waals surface area contributed by atoms with E-state index < -0.39 is 0 Å². The maximum Gasteiger partial charge on any atom is 0.317 e. The number of carbonyl (C=O) groups excluding carboxylic acids is 2. The lowest BCUT2D eigenvalue weighted by Crippen LogP contribution is -2.54. The third-order valence-corrected chi connectivity index (χ3v) is 6.72. The van der Waals surface area contributed by atoms with E-state index in [1.54, 1.807) is 11.3 Å². The molecule has 7 heteroatoms. The Morgan fingerprint density at radius 2 is 1.68 bits per heavy atom. The van der Waals surface area contributed by atoms with E-state index >= 15 is 0 Å². The van der Waals surface area contributed by atoms with E-state index in [-0.39, 0.29) is 18.0 Å². The first-order valence-electron chi connectivity index (χ1n) is 11.1. The monoisotopic (exact) mass is 442 g/mol. The van der Waals surface area contributed by atoms with Crippen LogP contribution in [0.2, 0.25) is 0 Å². The molecule has 1 aromatic carbocycles. The van der Waals surface area contributed by atoms with E-state index in [2.05, 4.69) is 40.9 Å². The molecule has 1 aliphatic rings. The zero-order valence-corrected chi connectivity index (χ0v) is 19.7. The number of aryl methyl sites for hydroxylation is 1. The second-order valence-corrected chi connectivity index (χ2v) is 8.79. The topological polar surface area (TPSA) is 55.9 Å². The molecule has 1 unspecified atom stereocenters. The number of hydrogen-bond acceptors (Lipinski definition) is 4. The standard InChI is InChI=1S/C24H34N4O2S/c1-4-26(5-2)22(21-10-15-31-18-21)17-25-24(30)28-13-11-27(12-14-28)23(29)16-20-8-6-19(3)7-9-20/h6-10,15,18,22H,4-5,11-14,16-17H2,1-3H3,(H,25,30). The van der Waals surface area contributed by atoms with Gasteiger partial charge in [0.25, 0.3) is 0 Å². The molecule has 0 spiro atoms. The minimum Gasteiger partial charge on any atom is -0.339 e. The number of nitrogens with one attached hydrogen (secondary N) is 1. The lowest BCUT2D eigenvalue weighted by Gasteiger charge is -2.36. The van der Waals surface area contributed by atoms with Gasteiger partial charge in [0.15, 0.2) is 0 Å². The van der Waals surface area contributed by atoms with Crippen LogP contribution in [0.4, 0.5) is 4.79 Å². The van der Waals surface area contributed by atoms with Crippen LogP contribution in [0.15, 0.2) is 41.1 Å². The van der Waals surface area contributed by atoms with Gasteiger partial charge in [0.1, 0.15) is 0 Å². The third kappa shape index (κ3) is 6.31. The van der Waals surface area contributed by atoms with Gasteiger partial charge < -0.3 is 15.1 Å². The lowest BCUT2D eigenvalue weighted by atomic mass is 10.1. The molecule has 6 nitrogen and oxygen atoms in total. The average molecular weight is 443 g/mol. The van der Waals surface area contributed by atoms with Crippen molar-refractivity contribution in [1.82, 2.24) is 20.0 Å². The SMILES string of the molecule is CCN(CC)C(CNC(=O)N1CCN(C(=O)Cc2ccc(C)cc2)CC1)c1ccsc1. The van der Waals surface area contributed by atoms with Crippen LogP contribution in [-0.4, -0.2) is 72.5 Å². The summed E-state index contributed by atoms with van der Waals surface area (Å²) in [5.41, 5.74) is 3.48. The van der Waals surface area contributed by atoms with Crippen LogP contribution in [0.1, 0.15) is 36.6 Å². The van der Waals surface area contributed by atoms with Gasteiger partial charge in [-0.15, -0.1) is 0 Å². The number of likely N-dealkylation sites (N-methyl/N-ethyl adjacent to an activating group) is 1. The fourth-order valence-corrected chi connectivity index (χ4v) is 4.74. The molecule has 0 bridgehead atoms. The molecule has 1 fully saturated rings. The second kappa shape index (κ2) is 11.3. The number of thiophene rings is 1. The zero-order chi connectivity index (χ0) is 22.2. The number of piperazine rings is 1. The van der Waals surface area contributed by atoms with Crippen molar-refractivity contribution in [3.8, 4) is 0 Å². The Morgan fingerprint density at radius 3 is 2.26 bits per heavy atom. The van der Waals surface area contributed by atoms with Crippen molar-refractivity contribution in [3.63, 3.8) is 0 Å². The fourth-order valence-electron chi connectivity index (χ4n) is 4.03. The van der Waals surface area contributed by atoms with Crippen molar-refractivity contribution in [2.75, 3.05) is 45.8 Å². The van der Waals surface area contributed by atoms with Crippen molar-refractivity contribution < 1.29 is 9.59 Å². The summed E-state index contributed by atoms with van der Waals surface area (Å²) in [5, 5.41) is 7.37. The first kappa shape index (κ1) is 23.3. The number of hydrogen-bond donors (Lipinski definition) is 1. The van der Waals surface area contributed by atoms with E-state index in [9.17, 15) is 9.59 Å². The van der Waals surface area contributed by atoms with Crippen LogP contribution in [-0.2, 0) is 11.2 Å². The molecule has 168 valence electrons. The second-order valence-electron chi connectivity index (χ2n) is 8.01. The Kier molecular flexibility index (Phi) is 8.49. The number of urea groups is 1. The molecule has 31 heavy (non-hydrogen) atoms. The molecule has 0 saturated carbocycles. The molecular weight excluding hydrogens is 408 g/mol. The number of rotatable bonds is 8. The van der Waals surface area contributed by atoms with Gasteiger partial charge in [0.2, 0.25) is 5.91 Å². The first-order valence-corrected chi connectivity index (χ1v) is 12.1. The van der Waals surface area contributed by atoms with E-state index in [1.807, 2.05) is 41.0 Å². The van der Waals surface area contributed by atoms with Gasteiger partial charge in [0, 0.05) is 32.7 Å². The molecule has 1 atom stereocenters. The highest BCUT2D eigenvalue weighted by atomic mass is 32.1. The van der Waals surface area contributed by atoms with E-state index in [1.165, 1.54) is 11.1 Å². The summed E-state index contributed by atoms with van der Waals surface area (Å²) in [5.74, 6) is 0.128. The summed E-state index contributed by atoms with van der Waals surface area (Å²) >= 11 is 1.69. The minimum atomic E-state index is -0.0435. The van der Waals surface area contributed by atoms with Gasteiger partial charge >= 0.3 is 6.03 Å². The molecular formula is C24H34N4O2S. The molecule has 2 aromatic rings. The van der Waals surface area contributed by atoms with Crippen LogP contribution in [0.3, 0.4) is 0 Å². The van der Waals surface area contributed by atoms with E-state index in [0.29, 0.717) is 39.1 Å². The minimum absolute atomic E-state index is 0.0435. The molecule has 1 aromatic heterocycles. The average Bonchev–Trinajstić information content (AvgIpc) is 3.32. The Bertz CT molecular complexity index is 826. The van der Waals surface area contributed by atoms with Gasteiger partial charge in [-0.1, -0.05) is 43.7 Å². The van der Waals surface area contributed by atoms with Crippen LogP contribution >= 0.6 is 11.3 Å². The van der Waals surface area contributed by atoms with Crippen molar-refractivity contribution in [1.29, 1.82) is 0 Å². The summed E-state index contributed by atoms with van der Waals surface area (Å²) < 4.78 is 0. The Hall–Kier alpha value is -2.38. The van der Waals surface area contributed by atoms with Crippen LogP contribution < -0.4 is 5.32 Å². The molecule has 1 aliphatic heterocycles. The first-order chi connectivity index (χ1) is 15.0. The molecule has 3 amide bonds.